The van der Waals surface area contributed by atoms with E-state index in [-0.39, 0.29) is 30.0 Å². The van der Waals surface area contributed by atoms with E-state index in [1.54, 1.807) is 11.8 Å². The fourth-order valence-corrected chi connectivity index (χ4v) is 2.94. The maximum absolute atomic E-state index is 6.01. The van der Waals surface area contributed by atoms with Crippen LogP contribution in [0.1, 0.15) is 18.5 Å². The van der Waals surface area contributed by atoms with Crippen LogP contribution in [0.25, 0.3) is 0 Å². The van der Waals surface area contributed by atoms with Crippen LogP contribution in [0.4, 0.5) is 5.69 Å². The van der Waals surface area contributed by atoms with Crippen molar-refractivity contribution in [2.75, 3.05) is 11.2 Å². The number of thioether (sulfide) groups is 1. The van der Waals surface area contributed by atoms with Gasteiger partial charge in [-0.1, -0.05) is 46.0 Å². The summed E-state index contributed by atoms with van der Waals surface area (Å²) in [5.41, 5.74) is 2.11. The number of rotatable bonds is 0. The molecule has 0 fully saturated rings. The normalized spacial score (nSPS) is 16.3. The van der Waals surface area contributed by atoms with E-state index < -0.39 is 0 Å². The van der Waals surface area contributed by atoms with Crippen molar-refractivity contribution in [3.8, 4) is 0 Å². The third kappa shape index (κ3) is 4.68. The minimum absolute atomic E-state index is 0. The second-order valence-corrected chi connectivity index (χ2v) is 5.40. The van der Waals surface area contributed by atoms with Crippen LogP contribution in [0.2, 0.25) is 5.02 Å². The Hall–Kier alpha value is 1.27. The summed E-state index contributed by atoms with van der Waals surface area (Å²) >= 11 is 13.3. The Morgan fingerprint density at radius 2 is 2.06 bits per heavy atom. The van der Waals surface area contributed by atoms with Gasteiger partial charge in [0, 0.05) is 15.1 Å². The van der Waals surface area contributed by atoms with Gasteiger partial charge in [-0.25, -0.2) is 4.99 Å². The zero-order chi connectivity index (χ0) is 13.0. The average Bonchev–Trinajstić information content (AvgIpc) is 2.33. The van der Waals surface area contributed by atoms with Gasteiger partial charge in [0.15, 0.2) is 5.17 Å². The lowest BCUT2D eigenvalue weighted by atomic mass is 10.1. The zero-order valence-electron chi connectivity index (χ0n) is 10.1. The Labute approximate surface area is 156 Å². The van der Waals surface area contributed by atoms with E-state index in [1.807, 2.05) is 23.3 Å². The molecule has 18 heavy (non-hydrogen) atoms. The molecule has 1 N–H and O–H groups in total. The minimum Gasteiger partial charge on any atom is -0.358 e. The summed E-state index contributed by atoms with van der Waals surface area (Å²) in [5.74, 6) is 0. The van der Waals surface area contributed by atoms with E-state index in [9.17, 15) is 0 Å². The predicted molar refractivity (Wildman–Crippen MR) is 107 cm³/mol. The Morgan fingerprint density at radius 1 is 1.44 bits per heavy atom. The Balaban J connectivity index is 0.000000917. The number of nitrogens with zero attached hydrogens (tertiary/aromatic N) is 1. The number of hydrogen-bond acceptors (Lipinski definition) is 3. The summed E-state index contributed by atoms with van der Waals surface area (Å²) in [7, 11) is 0. The second-order valence-electron chi connectivity index (χ2n) is 3.31. The first kappa shape index (κ1) is 19.3. The van der Waals surface area contributed by atoms with Crippen LogP contribution in [0.5, 0.6) is 0 Å². The minimum atomic E-state index is 0. The molecule has 1 aliphatic rings. The third-order valence-electron chi connectivity index (χ3n) is 2.27. The Bertz CT molecular complexity index is 443. The highest BCUT2D eigenvalue weighted by molar-refractivity contribution is 14.1. The molecule has 0 amide bonds. The van der Waals surface area contributed by atoms with Crippen LogP contribution in [-0.4, -0.2) is 16.4 Å². The van der Waals surface area contributed by atoms with Gasteiger partial charge in [0.25, 0.3) is 0 Å². The zero-order valence-corrected chi connectivity index (χ0v) is 17.8. The molecule has 0 saturated carbocycles. The molecule has 0 bridgehead atoms. The predicted octanol–water partition coefficient (Wildman–Crippen LogP) is 5.79. The molecule has 2 rings (SSSR count). The molecule has 1 unspecified atom stereocenters. The van der Waals surface area contributed by atoms with Gasteiger partial charge < -0.3 is 5.32 Å². The molecule has 102 valence electrons. The van der Waals surface area contributed by atoms with Gasteiger partial charge in [0.1, 0.15) is 0 Å². The number of alkyl halides is 1. The third-order valence-corrected chi connectivity index (χ3v) is 3.69. The van der Waals surface area contributed by atoms with Crippen molar-refractivity contribution in [1.82, 2.24) is 5.32 Å². The van der Waals surface area contributed by atoms with Crippen molar-refractivity contribution >= 4 is 96.7 Å². The summed E-state index contributed by atoms with van der Waals surface area (Å²) in [6, 6.07) is 4.08. The van der Waals surface area contributed by atoms with E-state index in [0.29, 0.717) is 0 Å². The quantitative estimate of drug-likeness (QED) is 0.313. The van der Waals surface area contributed by atoms with Gasteiger partial charge in [-0.05, 0) is 46.2 Å². The largest absolute Gasteiger partial charge is 0.358 e. The molecule has 0 radical (unpaired) electrons. The highest BCUT2D eigenvalue weighted by Gasteiger charge is 2.20. The summed E-state index contributed by atoms with van der Waals surface area (Å²) in [6.45, 7) is 2.10. The highest BCUT2D eigenvalue weighted by Crippen LogP contribution is 2.39. The maximum atomic E-state index is 6.01. The lowest BCUT2D eigenvalue weighted by molar-refractivity contribution is 0.713. The van der Waals surface area contributed by atoms with Crippen molar-refractivity contribution in [1.29, 1.82) is 0 Å². The molecule has 0 saturated heterocycles. The summed E-state index contributed by atoms with van der Waals surface area (Å²) in [4.78, 5) is 6.49. The van der Waals surface area contributed by atoms with E-state index >= 15 is 0 Å². The molecule has 1 aromatic rings. The smallest absolute Gasteiger partial charge is 0.162 e. The summed E-state index contributed by atoms with van der Waals surface area (Å²) in [6.07, 6.45) is 2.01. The van der Waals surface area contributed by atoms with Crippen molar-refractivity contribution in [2.45, 2.75) is 13.0 Å². The van der Waals surface area contributed by atoms with Crippen LogP contribution in [0.15, 0.2) is 21.6 Å². The van der Waals surface area contributed by atoms with Crippen molar-refractivity contribution in [3.63, 3.8) is 0 Å². The monoisotopic (exact) mass is 574 g/mol. The second kappa shape index (κ2) is 9.25. The molecular weight excluding hydrogens is 561 g/mol. The standard InChI is InChI=1S/C10H10BrClN2S.CH3I.HI/c1-5-7-3-6(12)4-8(11)9(7)14-10(13-5)15-2;1-2;/h3-5H,1-2H3,(H,13,14);1H3;1H. The van der Waals surface area contributed by atoms with Crippen LogP contribution in [0.3, 0.4) is 0 Å². The molecule has 2 nitrogen and oxygen atoms in total. The first-order valence-electron chi connectivity index (χ1n) is 4.87. The number of hydrogen-bond donors (Lipinski definition) is 1. The van der Waals surface area contributed by atoms with Gasteiger partial charge in [-0.3, -0.25) is 0 Å². The van der Waals surface area contributed by atoms with Crippen molar-refractivity contribution < 1.29 is 0 Å². The number of fused-ring (bicyclic) bond motifs is 1. The number of halogens is 4. The molecular formula is C11H14BrClI2N2S. The molecule has 0 aliphatic carbocycles. The van der Waals surface area contributed by atoms with Gasteiger partial charge in [-0.2, -0.15) is 0 Å². The number of benzene rings is 1. The van der Waals surface area contributed by atoms with Crippen molar-refractivity contribution in [2.24, 2.45) is 4.99 Å². The van der Waals surface area contributed by atoms with E-state index in [1.165, 1.54) is 0 Å². The number of nitrogens with one attached hydrogen (secondary N) is 1. The van der Waals surface area contributed by atoms with Gasteiger partial charge in [0.2, 0.25) is 0 Å². The highest BCUT2D eigenvalue weighted by atomic mass is 127. The maximum Gasteiger partial charge on any atom is 0.162 e. The molecule has 1 heterocycles. The van der Waals surface area contributed by atoms with E-state index in [2.05, 4.69) is 55.8 Å². The summed E-state index contributed by atoms with van der Waals surface area (Å²) in [5, 5.41) is 4.99. The van der Waals surface area contributed by atoms with Crippen LogP contribution >= 0.6 is 85.9 Å². The fourth-order valence-electron chi connectivity index (χ4n) is 1.54. The average molecular weight is 575 g/mol. The fraction of sp³-hybridized carbons (Fsp3) is 0.364. The van der Waals surface area contributed by atoms with Gasteiger partial charge >= 0.3 is 0 Å². The summed E-state index contributed by atoms with van der Waals surface area (Å²) < 4.78 is 0.949. The Kier molecular flexibility index (Phi) is 9.90. The topological polar surface area (TPSA) is 24.4 Å². The lowest BCUT2D eigenvalue weighted by Gasteiger charge is -2.24. The van der Waals surface area contributed by atoms with Crippen molar-refractivity contribution in [3.05, 3.63) is 27.2 Å². The molecule has 0 aromatic heterocycles. The number of amidine groups is 1. The lowest BCUT2D eigenvalue weighted by Crippen LogP contribution is -2.27. The van der Waals surface area contributed by atoms with Gasteiger partial charge in [0.05, 0.1) is 11.7 Å². The molecule has 0 spiro atoms. The van der Waals surface area contributed by atoms with Crippen LogP contribution < -0.4 is 5.32 Å². The SMILES string of the molecule is CI.CSC1=Nc2c(Br)cc(Cl)cc2C(C)N1.I. The van der Waals surface area contributed by atoms with E-state index in [4.69, 9.17) is 11.6 Å². The molecule has 1 atom stereocenters. The molecule has 7 heteroatoms. The van der Waals surface area contributed by atoms with Crippen LogP contribution in [0, 0.1) is 0 Å². The number of aliphatic imine (C=N–C) groups is 1. The van der Waals surface area contributed by atoms with E-state index in [0.717, 1.165) is 25.9 Å². The first-order chi connectivity index (χ1) is 8.11. The molecule has 1 aromatic carbocycles. The Morgan fingerprint density at radius 3 is 2.61 bits per heavy atom. The van der Waals surface area contributed by atoms with Crippen LogP contribution in [-0.2, 0) is 0 Å². The van der Waals surface area contributed by atoms with Gasteiger partial charge in [-0.15, -0.1) is 24.0 Å². The molecule has 1 aliphatic heterocycles. The first-order valence-corrected chi connectivity index (χ1v) is 9.43.